The van der Waals surface area contributed by atoms with E-state index >= 15 is 0 Å². The number of furan rings is 1. The second-order valence-corrected chi connectivity index (χ2v) is 20.0. The molecule has 0 saturated heterocycles. The molecule has 73 heavy (non-hydrogen) atoms. The smallest absolute Gasteiger partial charge is 0.227 e. The van der Waals surface area contributed by atoms with Crippen molar-refractivity contribution in [2.24, 2.45) is 5.41 Å². The molecule has 0 bridgehead atoms. The molecule has 2 aliphatic rings. The number of pyridine rings is 4. The van der Waals surface area contributed by atoms with Crippen LogP contribution < -0.4 is 0 Å². The minimum absolute atomic E-state index is 0.0265. The van der Waals surface area contributed by atoms with Crippen LogP contribution >= 0.6 is 0 Å². The molecular weight excluding hydrogens is 889 g/mol. The first-order valence-electron chi connectivity index (χ1n) is 30.9. The SMILES string of the molecule is [2H]C([2H])([2H])c1ccc2c(n1)oc1c(-c3cc(-c4ccc(C5([2H])CCC6(CCCCC6)CC5)cc4)c(C([2H])([2H])C([2H])([2H])c4cc(CCc5ccc(-c6ccccc6)nc5)cc(C([2H])([2H])Cc5ccc(-c6ccccc6)nc5)c4)cn3)cccc12. The molecule has 5 heteroatoms. The third-order valence-electron chi connectivity index (χ3n) is 15.3. The third kappa shape index (κ3) is 10.4. The van der Waals surface area contributed by atoms with E-state index in [1.54, 1.807) is 30.5 Å². The Balaban J connectivity index is 0.935. The normalized spacial score (nSPS) is 18.0. The zero-order valence-corrected chi connectivity index (χ0v) is 41.0. The first-order valence-corrected chi connectivity index (χ1v) is 25.9. The maximum atomic E-state index is 10.1. The first-order chi connectivity index (χ1) is 39.8. The summed E-state index contributed by atoms with van der Waals surface area (Å²) in [6, 6.07) is 50.5. The fourth-order valence-electron chi connectivity index (χ4n) is 11.2. The van der Waals surface area contributed by atoms with Gasteiger partial charge >= 0.3 is 0 Å². The van der Waals surface area contributed by atoms with Crippen molar-refractivity contribution >= 4 is 22.1 Å². The molecule has 362 valence electrons. The number of nitrogens with zero attached hydrogens (tertiary/aromatic N) is 4. The lowest BCUT2D eigenvalue weighted by molar-refractivity contribution is 0.114. The average molecular weight is 963 g/mol. The summed E-state index contributed by atoms with van der Waals surface area (Å²) < 4.78 is 99.7. The van der Waals surface area contributed by atoms with Gasteiger partial charge in [-0.1, -0.05) is 147 Å². The molecule has 0 N–H and O–H groups in total. The summed E-state index contributed by atoms with van der Waals surface area (Å²) in [7, 11) is 0. The molecule has 0 amide bonds. The van der Waals surface area contributed by atoms with Crippen LogP contribution in [0.4, 0.5) is 0 Å². The van der Waals surface area contributed by atoms with Crippen LogP contribution in [-0.4, -0.2) is 19.9 Å². The van der Waals surface area contributed by atoms with Gasteiger partial charge in [-0.3, -0.25) is 15.0 Å². The molecule has 5 nitrogen and oxygen atoms in total. The molecule has 10 aromatic rings. The van der Waals surface area contributed by atoms with E-state index in [1.807, 2.05) is 134 Å². The highest BCUT2D eigenvalue weighted by Gasteiger charge is 2.36. The molecule has 2 saturated carbocycles. The minimum atomic E-state index is -2.79. The zero-order chi connectivity index (χ0) is 57.8. The lowest BCUT2D eigenvalue weighted by atomic mass is 9.62. The standard InChI is InChI=1S/C68H64N4O/c1-47-18-31-60-59-16-11-17-61(66(59)73-67(60)72-47)65-43-62(55-29-27-53(28-30-55)54-34-38-68(39-35-54)36-9-4-10-37-68)58(46-71-65)26-23-52-41-50(21-19-48-24-32-63(69-44-48)56-12-5-2-6-13-56)40-51(42-52)22-20-49-25-33-64(70-45-49)57-14-7-3-8-15-57/h2-3,5-8,11-18,24-25,27-33,40-46,54H,4,9-10,19-23,26,34-39H2,1H3/i1D3,21D2,23D2,26D2,54D. The number of fused-ring (bicyclic) bond motifs is 3. The molecule has 1 spiro atoms. The van der Waals surface area contributed by atoms with Gasteiger partial charge in [0.05, 0.1) is 17.1 Å². The van der Waals surface area contributed by atoms with Crippen LogP contribution in [0, 0.1) is 12.3 Å². The van der Waals surface area contributed by atoms with Gasteiger partial charge in [-0.25, -0.2) is 4.98 Å². The van der Waals surface area contributed by atoms with Crippen molar-refractivity contribution in [2.75, 3.05) is 0 Å². The Kier molecular flexibility index (Phi) is 10.4. The summed E-state index contributed by atoms with van der Waals surface area (Å²) in [6.07, 6.45) is 7.93. The topological polar surface area (TPSA) is 64.7 Å². The van der Waals surface area contributed by atoms with Gasteiger partial charge in [-0.05, 0) is 182 Å². The van der Waals surface area contributed by atoms with Crippen molar-refractivity contribution in [1.29, 1.82) is 0 Å². The minimum Gasteiger partial charge on any atom is -0.437 e. The molecule has 0 unspecified atom stereocenters. The van der Waals surface area contributed by atoms with E-state index in [-0.39, 0.29) is 34.5 Å². The number of rotatable bonds is 14. The molecule has 2 fully saturated rings. The summed E-state index contributed by atoms with van der Waals surface area (Å²) in [5.74, 6) is -0.776. The second-order valence-electron chi connectivity index (χ2n) is 20.0. The molecule has 0 aliphatic heterocycles. The summed E-state index contributed by atoms with van der Waals surface area (Å²) in [5.41, 5.74) is 9.49. The molecule has 0 radical (unpaired) electrons. The number of hydrogen-bond donors (Lipinski definition) is 0. The molecule has 12 rings (SSSR count). The molecule has 5 aromatic carbocycles. The van der Waals surface area contributed by atoms with Gasteiger partial charge in [0.1, 0.15) is 5.58 Å². The van der Waals surface area contributed by atoms with E-state index in [0.717, 1.165) is 59.3 Å². The predicted octanol–water partition coefficient (Wildman–Crippen LogP) is 17.1. The number of hydrogen-bond acceptors (Lipinski definition) is 5. The Morgan fingerprint density at radius 3 is 1.86 bits per heavy atom. The van der Waals surface area contributed by atoms with E-state index in [0.29, 0.717) is 68.1 Å². The van der Waals surface area contributed by atoms with E-state index < -0.39 is 31.9 Å². The van der Waals surface area contributed by atoms with Gasteiger partial charge in [0.15, 0.2) is 0 Å². The number of aryl methyl sites for hydroxylation is 7. The van der Waals surface area contributed by atoms with Gasteiger partial charge in [0, 0.05) is 65.5 Å². The van der Waals surface area contributed by atoms with Crippen molar-refractivity contribution in [3.05, 3.63) is 227 Å². The van der Waals surface area contributed by atoms with Crippen molar-refractivity contribution in [1.82, 2.24) is 19.9 Å². The van der Waals surface area contributed by atoms with Gasteiger partial charge in [0.25, 0.3) is 0 Å². The van der Waals surface area contributed by atoms with Crippen LogP contribution in [0.2, 0.25) is 0 Å². The summed E-state index contributed by atoms with van der Waals surface area (Å²) in [6.45, 7) is -2.45. The van der Waals surface area contributed by atoms with Crippen molar-refractivity contribution in [3.63, 3.8) is 0 Å². The molecule has 5 heterocycles. The zero-order valence-electron chi connectivity index (χ0n) is 51.0. The highest BCUT2D eigenvalue weighted by atomic mass is 16.3. The quantitative estimate of drug-likeness (QED) is 0.109. The van der Waals surface area contributed by atoms with Crippen LogP contribution in [0.3, 0.4) is 0 Å². The van der Waals surface area contributed by atoms with Crippen LogP contribution in [0.5, 0.6) is 0 Å². The maximum absolute atomic E-state index is 10.1. The maximum Gasteiger partial charge on any atom is 0.227 e. The van der Waals surface area contributed by atoms with Gasteiger partial charge in [-0.15, -0.1) is 0 Å². The molecule has 2 aliphatic carbocycles. The fourth-order valence-corrected chi connectivity index (χ4v) is 11.2. The lowest BCUT2D eigenvalue weighted by Crippen LogP contribution is -2.29. The Morgan fingerprint density at radius 1 is 0.521 bits per heavy atom. The van der Waals surface area contributed by atoms with Crippen molar-refractivity contribution in [3.8, 4) is 44.9 Å². The lowest BCUT2D eigenvalue weighted by Gasteiger charge is -2.43. The average Bonchev–Trinajstić information content (AvgIpc) is 3.74. The summed E-state index contributed by atoms with van der Waals surface area (Å²) in [5, 5.41) is 1.31. The fraction of sp³-hybridized carbons (Fsp3) is 0.265. The highest BCUT2D eigenvalue weighted by molar-refractivity contribution is 6.08. The Labute approximate surface area is 444 Å². The Morgan fingerprint density at radius 2 is 1.18 bits per heavy atom. The van der Waals surface area contributed by atoms with Crippen LogP contribution in [0.25, 0.3) is 67.0 Å². The molecule has 0 atom stereocenters. The molecule has 5 aromatic heterocycles. The Hall–Kier alpha value is -7.50. The number of benzene rings is 5. The second kappa shape index (κ2) is 20.9. The Bertz CT molecular complexity index is 3940. The van der Waals surface area contributed by atoms with Gasteiger partial charge in [-0.2, -0.15) is 0 Å². The third-order valence-corrected chi connectivity index (χ3v) is 15.3. The highest BCUT2D eigenvalue weighted by Crippen LogP contribution is 2.51. The number of para-hydroxylation sites is 1. The van der Waals surface area contributed by atoms with Crippen LogP contribution in [0.1, 0.15) is 122 Å². The summed E-state index contributed by atoms with van der Waals surface area (Å²) >= 11 is 0. The van der Waals surface area contributed by atoms with Crippen LogP contribution in [-0.2, 0) is 38.4 Å². The first kappa shape index (κ1) is 36.4. The van der Waals surface area contributed by atoms with Gasteiger partial charge < -0.3 is 4.42 Å². The van der Waals surface area contributed by atoms with Crippen molar-refractivity contribution in [2.45, 2.75) is 109 Å². The monoisotopic (exact) mass is 963 g/mol. The summed E-state index contributed by atoms with van der Waals surface area (Å²) in [4.78, 5) is 18.7. The van der Waals surface area contributed by atoms with E-state index in [1.165, 1.54) is 50.4 Å². The van der Waals surface area contributed by atoms with E-state index in [4.69, 9.17) is 18.5 Å². The largest absolute Gasteiger partial charge is 0.437 e. The van der Waals surface area contributed by atoms with Crippen LogP contribution in [0.15, 0.2) is 187 Å². The van der Waals surface area contributed by atoms with Gasteiger partial charge in [0.2, 0.25) is 5.71 Å². The predicted molar refractivity (Wildman–Crippen MR) is 300 cm³/mol. The van der Waals surface area contributed by atoms with Crippen molar-refractivity contribution < 1.29 is 18.1 Å². The van der Waals surface area contributed by atoms with E-state index in [9.17, 15) is 9.60 Å². The van der Waals surface area contributed by atoms with E-state index in [2.05, 4.69) is 9.97 Å². The number of aromatic nitrogens is 4. The molecular formula is C68H64N4O.